The molecule has 1 fully saturated rings. The highest BCUT2D eigenvalue weighted by molar-refractivity contribution is 5.88. The molecule has 0 saturated carbocycles. The lowest BCUT2D eigenvalue weighted by Gasteiger charge is -2.26. The maximum atomic E-state index is 14.8. The Morgan fingerprint density at radius 3 is 2.75 bits per heavy atom. The van der Waals surface area contributed by atoms with E-state index >= 15 is 0 Å². The van der Waals surface area contributed by atoms with E-state index in [2.05, 4.69) is 28.2 Å². The Bertz CT molecular complexity index is 1080. The molecule has 2 heterocycles. The lowest BCUT2D eigenvalue weighted by atomic mass is 9.87. The highest BCUT2D eigenvalue weighted by Gasteiger charge is 2.25. The molecular formula is C25H29F2N3O2. The van der Waals surface area contributed by atoms with Crippen LogP contribution < -0.4 is 5.32 Å². The first-order chi connectivity index (χ1) is 15.6. The van der Waals surface area contributed by atoms with E-state index in [0.29, 0.717) is 25.3 Å². The number of nitrogens with zero attached hydrogens (tertiary/aromatic N) is 1. The molecule has 1 aliphatic rings. The Morgan fingerprint density at radius 1 is 1.19 bits per heavy atom. The molecule has 0 bridgehead atoms. The van der Waals surface area contributed by atoms with Gasteiger partial charge < -0.3 is 15.0 Å². The van der Waals surface area contributed by atoms with Gasteiger partial charge in [-0.15, -0.1) is 0 Å². The number of halogens is 2. The van der Waals surface area contributed by atoms with Crippen molar-refractivity contribution >= 4 is 16.8 Å². The minimum atomic E-state index is -0.642. The summed E-state index contributed by atoms with van der Waals surface area (Å²) in [7, 11) is 0. The highest BCUT2D eigenvalue weighted by Crippen LogP contribution is 2.35. The number of aromatic nitrogens is 1. The average molecular weight is 442 g/mol. The van der Waals surface area contributed by atoms with Gasteiger partial charge in [0.15, 0.2) is 0 Å². The second-order valence-electron chi connectivity index (χ2n) is 8.16. The summed E-state index contributed by atoms with van der Waals surface area (Å²) in [6, 6.07) is 9.57. The van der Waals surface area contributed by atoms with E-state index < -0.39 is 17.6 Å². The molecule has 5 nitrogen and oxygen atoms in total. The van der Waals surface area contributed by atoms with Crippen molar-refractivity contribution in [3.05, 3.63) is 70.9 Å². The zero-order valence-corrected chi connectivity index (χ0v) is 18.3. The third-order valence-corrected chi connectivity index (χ3v) is 6.17. The summed E-state index contributed by atoms with van der Waals surface area (Å²) in [6.07, 6.45) is 2.78. The molecule has 2 aromatic carbocycles. The molecule has 32 heavy (non-hydrogen) atoms. The minimum Gasteiger partial charge on any atom is -0.379 e. The molecule has 170 valence electrons. The van der Waals surface area contributed by atoms with E-state index in [1.54, 1.807) is 0 Å². The Labute approximate surface area is 186 Å². The molecule has 1 atom stereocenters. The van der Waals surface area contributed by atoms with Gasteiger partial charge in [-0.05, 0) is 29.2 Å². The van der Waals surface area contributed by atoms with E-state index in [4.69, 9.17) is 4.74 Å². The summed E-state index contributed by atoms with van der Waals surface area (Å²) >= 11 is 0. The predicted molar refractivity (Wildman–Crippen MR) is 121 cm³/mol. The van der Waals surface area contributed by atoms with Gasteiger partial charge in [0, 0.05) is 61.7 Å². The number of para-hydroxylation sites is 1. The molecule has 2 N–H and O–H groups in total. The second-order valence-corrected chi connectivity index (χ2v) is 8.16. The molecule has 1 aliphatic heterocycles. The van der Waals surface area contributed by atoms with Gasteiger partial charge in [-0.3, -0.25) is 9.69 Å². The number of carbonyl (C=O) groups is 1. The highest BCUT2D eigenvalue weighted by atomic mass is 19.1. The van der Waals surface area contributed by atoms with E-state index in [9.17, 15) is 13.6 Å². The van der Waals surface area contributed by atoms with Gasteiger partial charge in [-0.2, -0.15) is 0 Å². The van der Waals surface area contributed by atoms with Crippen molar-refractivity contribution in [3.8, 4) is 0 Å². The summed E-state index contributed by atoms with van der Waals surface area (Å²) < 4.78 is 33.7. The van der Waals surface area contributed by atoms with Crippen molar-refractivity contribution in [2.75, 3.05) is 39.4 Å². The standard InChI is InChI=1S/C25H29F2N3O2/c1-2-17-4-3-5-20-22(16-29-25(17)20)21(19-7-6-18(26)14-23(19)27)15-24(31)28-8-9-30-10-12-32-13-11-30/h3-7,14,16,21,29H,2,8-13,15H2,1H3,(H,28,31)/t21-/m0/s1. The van der Waals surface area contributed by atoms with Crippen LogP contribution in [0.4, 0.5) is 8.78 Å². The predicted octanol–water partition coefficient (Wildman–Crippen LogP) is 3.98. The maximum Gasteiger partial charge on any atom is 0.220 e. The first kappa shape index (κ1) is 22.4. The molecular weight excluding hydrogens is 412 g/mol. The number of H-pyrrole nitrogens is 1. The quantitative estimate of drug-likeness (QED) is 0.556. The van der Waals surface area contributed by atoms with Crippen molar-refractivity contribution < 1.29 is 18.3 Å². The largest absolute Gasteiger partial charge is 0.379 e. The second kappa shape index (κ2) is 10.2. The van der Waals surface area contributed by atoms with Crippen molar-refractivity contribution in [1.82, 2.24) is 15.2 Å². The number of rotatable bonds is 8. The maximum absolute atomic E-state index is 14.8. The van der Waals surface area contributed by atoms with Gasteiger partial charge in [0.25, 0.3) is 0 Å². The Kier molecular flexibility index (Phi) is 7.17. The molecule has 0 unspecified atom stereocenters. The monoisotopic (exact) mass is 441 g/mol. The molecule has 1 aromatic heterocycles. The number of nitrogens with one attached hydrogen (secondary N) is 2. The molecule has 7 heteroatoms. The summed E-state index contributed by atoms with van der Waals surface area (Å²) in [4.78, 5) is 18.4. The van der Waals surface area contributed by atoms with Crippen molar-refractivity contribution in [2.45, 2.75) is 25.7 Å². The number of aromatic amines is 1. The first-order valence-corrected chi connectivity index (χ1v) is 11.2. The summed E-state index contributed by atoms with van der Waals surface area (Å²) in [5.74, 6) is -1.96. The van der Waals surface area contributed by atoms with Gasteiger partial charge in [-0.1, -0.05) is 31.2 Å². The number of amides is 1. The van der Waals surface area contributed by atoms with Gasteiger partial charge in [0.2, 0.25) is 5.91 Å². The number of aryl methyl sites for hydroxylation is 1. The smallest absolute Gasteiger partial charge is 0.220 e. The number of benzene rings is 2. The van der Waals surface area contributed by atoms with Crippen LogP contribution in [0.5, 0.6) is 0 Å². The summed E-state index contributed by atoms with van der Waals surface area (Å²) in [5, 5.41) is 3.92. The van der Waals surface area contributed by atoms with Crippen molar-refractivity contribution in [2.24, 2.45) is 0 Å². The van der Waals surface area contributed by atoms with Crippen LogP contribution in [0.25, 0.3) is 10.9 Å². The number of fused-ring (bicyclic) bond motifs is 1. The average Bonchev–Trinajstić information content (AvgIpc) is 3.23. The zero-order valence-electron chi connectivity index (χ0n) is 18.3. The molecule has 0 radical (unpaired) electrons. The van der Waals surface area contributed by atoms with Crippen LogP contribution >= 0.6 is 0 Å². The van der Waals surface area contributed by atoms with Gasteiger partial charge in [0.1, 0.15) is 11.6 Å². The van der Waals surface area contributed by atoms with E-state index in [1.807, 2.05) is 18.3 Å². The molecule has 3 aromatic rings. The van der Waals surface area contributed by atoms with Gasteiger partial charge in [-0.25, -0.2) is 8.78 Å². The van der Waals surface area contributed by atoms with Crippen LogP contribution in [-0.2, 0) is 16.0 Å². The Morgan fingerprint density at radius 2 is 2.00 bits per heavy atom. The number of hydrogen-bond acceptors (Lipinski definition) is 3. The Hall–Kier alpha value is -2.77. The molecule has 1 saturated heterocycles. The fourth-order valence-corrected chi connectivity index (χ4v) is 4.43. The summed E-state index contributed by atoms with van der Waals surface area (Å²) in [5.41, 5.74) is 3.30. The van der Waals surface area contributed by atoms with Crippen LogP contribution in [0, 0.1) is 11.6 Å². The number of ether oxygens (including phenoxy) is 1. The van der Waals surface area contributed by atoms with Crippen molar-refractivity contribution in [1.29, 1.82) is 0 Å². The minimum absolute atomic E-state index is 0.0783. The molecule has 4 rings (SSSR count). The third-order valence-electron chi connectivity index (χ3n) is 6.17. The van der Waals surface area contributed by atoms with Crippen LogP contribution in [-0.4, -0.2) is 55.2 Å². The Balaban J connectivity index is 1.57. The van der Waals surface area contributed by atoms with Crippen LogP contribution in [0.1, 0.15) is 36.0 Å². The lowest BCUT2D eigenvalue weighted by molar-refractivity contribution is -0.121. The van der Waals surface area contributed by atoms with Gasteiger partial charge in [0.05, 0.1) is 13.2 Å². The van der Waals surface area contributed by atoms with Gasteiger partial charge >= 0.3 is 0 Å². The van der Waals surface area contributed by atoms with E-state index in [0.717, 1.165) is 54.2 Å². The number of morpholine rings is 1. The van der Waals surface area contributed by atoms with Crippen LogP contribution in [0.2, 0.25) is 0 Å². The first-order valence-electron chi connectivity index (χ1n) is 11.2. The number of hydrogen-bond donors (Lipinski definition) is 2. The van der Waals surface area contributed by atoms with Crippen LogP contribution in [0.3, 0.4) is 0 Å². The normalized spacial score (nSPS) is 15.7. The molecule has 0 spiro atoms. The SMILES string of the molecule is CCc1cccc2c([C@@H](CC(=O)NCCN3CCOCC3)c3ccc(F)cc3F)c[nH]c12. The van der Waals surface area contributed by atoms with Crippen molar-refractivity contribution in [3.63, 3.8) is 0 Å². The van der Waals surface area contributed by atoms with Crippen LogP contribution in [0.15, 0.2) is 42.6 Å². The molecule has 1 amide bonds. The third kappa shape index (κ3) is 5.00. The van der Waals surface area contributed by atoms with E-state index in [1.165, 1.54) is 12.1 Å². The zero-order chi connectivity index (χ0) is 22.5. The topological polar surface area (TPSA) is 57.4 Å². The lowest BCUT2D eigenvalue weighted by Crippen LogP contribution is -2.41. The summed E-state index contributed by atoms with van der Waals surface area (Å²) in [6.45, 7) is 6.47. The molecule has 0 aliphatic carbocycles. The fourth-order valence-electron chi connectivity index (χ4n) is 4.43. The number of carbonyl (C=O) groups excluding carboxylic acids is 1. The fraction of sp³-hybridized carbons (Fsp3) is 0.400. The van der Waals surface area contributed by atoms with E-state index in [-0.39, 0.29) is 12.3 Å².